The van der Waals surface area contributed by atoms with Gasteiger partial charge in [-0.15, -0.1) is 24.8 Å². The Kier molecular flexibility index (Phi) is 7.23. The lowest BCUT2D eigenvalue weighted by molar-refractivity contribution is 0.0950. The Balaban J connectivity index is 0.00000121. The number of carbonyl (C=O) groups is 1. The highest BCUT2D eigenvalue weighted by atomic mass is 35.5. The summed E-state index contributed by atoms with van der Waals surface area (Å²) in [6.07, 6.45) is 6.84. The molecule has 0 saturated carbocycles. The van der Waals surface area contributed by atoms with Crippen molar-refractivity contribution in [3.63, 3.8) is 0 Å². The normalized spacial score (nSPS) is 16.5. The fraction of sp³-hybridized carbons (Fsp3) is 0.385. The number of carbonyl (C=O) groups excluding carboxylic acids is 1. The molecule has 1 unspecified atom stereocenters. The van der Waals surface area contributed by atoms with Crippen molar-refractivity contribution in [1.29, 1.82) is 0 Å². The molecule has 0 radical (unpaired) electrons. The van der Waals surface area contributed by atoms with E-state index in [1.54, 1.807) is 29.3 Å². The van der Waals surface area contributed by atoms with E-state index in [0.717, 1.165) is 13.0 Å². The van der Waals surface area contributed by atoms with Crippen molar-refractivity contribution in [3.05, 3.63) is 36.5 Å². The Hall–Kier alpha value is -1.70. The maximum atomic E-state index is 12.0. The molecule has 1 atom stereocenters. The number of hydrogen-bond donors (Lipinski definition) is 2. The molecular formula is C13H18Cl2N6O. The Morgan fingerprint density at radius 3 is 2.86 bits per heavy atom. The zero-order valence-corrected chi connectivity index (χ0v) is 13.4. The molecule has 9 heteroatoms. The second kappa shape index (κ2) is 8.67. The summed E-state index contributed by atoms with van der Waals surface area (Å²) >= 11 is 0. The number of halogens is 2. The van der Waals surface area contributed by atoms with Crippen molar-refractivity contribution in [1.82, 2.24) is 30.4 Å². The molecule has 3 heterocycles. The van der Waals surface area contributed by atoms with Crippen LogP contribution in [0, 0.1) is 0 Å². The Morgan fingerprint density at radius 1 is 1.41 bits per heavy atom. The van der Waals surface area contributed by atoms with Gasteiger partial charge in [0.25, 0.3) is 5.91 Å². The Bertz CT molecular complexity index is 569. The highest BCUT2D eigenvalue weighted by molar-refractivity contribution is 5.93. The number of nitrogens with zero attached hydrogens (tertiary/aromatic N) is 4. The summed E-state index contributed by atoms with van der Waals surface area (Å²) in [5.74, 6) is 0.535. The molecule has 7 nitrogen and oxygen atoms in total. The molecule has 0 bridgehead atoms. The topological polar surface area (TPSA) is 84.7 Å². The average Bonchev–Trinajstić information content (AvgIpc) is 3.18. The molecule has 1 aliphatic rings. The van der Waals surface area contributed by atoms with E-state index in [9.17, 15) is 4.79 Å². The predicted octanol–water partition coefficient (Wildman–Crippen LogP) is 0.988. The van der Waals surface area contributed by atoms with Crippen LogP contribution in [0.3, 0.4) is 0 Å². The Labute approximate surface area is 140 Å². The van der Waals surface area contributed by atoms with E-state index in [1.165, 1.54) is 12.7 Å². The molecule has 0 aliphatic carbocycles. The van der Waals surface area contributed by atoms with Gasteiger partial charge in [-0.3, -0.25) is 4.79 Å². The molecule has 1 saturated heterocycles. The van der Waals surface area contributed by atoms with Crippen LogP contribution in [-0.2, 0) is 0 Å². The van der Waals surface area contributed by atoms with Crippen molar-refractivity contribution in [3.8, 4) is 5.82 Å². The quantitative estimate of drug-likeness (QED) is 0.863. The molecule has 1 amide bonds. The minimum atomic E-state index is -0.101. The van der Waals surface area contributed by atoms with Gasteiger partial charge in [0.2, 0.25) is 0 Å². The summed E-state index contributed by atoms with van der Waals surface area (Å²) in [4.78, 5) is 20.0. The van der Waals surface area contributed by atoms with Gasteiger partial charge < -0.3 is 10.6 Å². The summed E-state index contributed by atoms with van der Waals surface area (Å²) in [6.45, 7) is 1.69. The number of amides is 1. The highest BCUT2D eigenvalue weighted by Gasteiger charge is 2.15. The standard InChI is InChI=1S/C13H16N6O.2ClH/c20-13(17-7-11-2-1-5-15-11)10-3-4-12(16-6-10)19-9-14-8-18-19;;/h3-4,6,8-9,11,15H,1-2,5,7H2,(H,17,20);2*1H. The van der Waals surface area contributed by atoms with E-state index in [1.807, 2.05) is 0 Å². The third kappa shape index (κ3) is 4.40. The smallest absolute Gasteiger partial charge is 0.252 e. The summed E-state index contributed by atoms with van der Waals surface area (Å²) in [6, 6.07) is 3.88. The third-order valence-electron chi connectivity index (χ3n) is 3.33. The molecule has 22 heavy (non-hydrogen) atoms. The van der Waals surface area contributed by atoms with Crippen LogP contribution in [-0.4, -0.2) is 44.8 Å². The van der Waals surface area contributed by atoms with E-state index >= 15 is 0 Å². The van der Waals surface area contributed by atoms with Gasteiger partial charge in [0.1, 0.15) is 12.7 Å². The molecule has 2 aromatic heterocycles. The maximum absolute atomic E-state index is 12.0. The SMILES string of the molecule is Cl.Cl.O=C(NCC1CCCN1)c1ccc(-n2cncn2)nc1. The zero-order valence-electron chi connectivity index (χ0n) is 11.8. The van der Waals surface area contributed by atoms with E-state index in [2.05, 4.69) is 25.7 Å². The maximum Gasteiger partial charge on any atom is 0.252 e. The molecule has 120 valence electrons. The number of rotatable bonds is 4. The first kappa shape index (κ1) is 18.3. The summed E-state index contributed by atoms with van der Waals surface area (Å²) < 4.78 is 1.55. The van der Waals surface area contributed by atoms with Crippen LogP contribution in [0.15, 0.2) is 31.0 Å². The predicted molar refractivity (Wildman–Crippen MR) is 87.0 cm³/mol. The first-order chi connectivity index (χ1) is 9.83. The molecule has 3 rings (SSSR count). The number of hydrogen-bond acceptors (Lipinski definition) is 5. The van der Waals surface area contributed by atoms with Gasteiger partial charge in [0.15, 0.2) is 5.82 Å². The monoisotopic (exact) mass is 344 g/mol. The molecule has 1 fully saturated rings. The largest absolute Gasteiger partial charge is 0.350 e. The molecule has 2 aromatic rings. The van der Waals surface area contributed by atoms with E-state index < -0.39 is 0 Å². The van der Waals surface area contributed by atoms with Crippen molar-refractivity contribution in [2.24, 2.45) is 0 Å². The van der Waals surface area contributed by atoms with Crippen LogP contribution in [0.2, 0.25) is 0 Å². The molecule has 2 N–H and O–H groups in total. The molecule has 0 spiro atoms. The van der Waals surface area contributed by atoms with Crippen molar-refractivity contribution in [2.45, 2.75) is 18.9 Å². The number of pyridine rings is 1. The molecule has 1 aliphatic heterocycles. The van der Waals surface area contributed by atoms with Crippen LogP contribution in [0.1, 0.15) is 23.2 Å². The Morgan fingerprint density at radius 2 is 2.27 bits per heavy atom. The van der Waals surface area contributed by atoms with Crippen LogP contribution < -0.4 is 10.6 Å². The number of aromatic nitrogens is 4. The van der Waals surface area contributed by atoms with E-state index in [0.29, 0.717) is 24.0 Å². The van der Waals surface area contributed by atoms with Gasteiger partial charge in [-0.05, 0) is 31.5 Å². The first-order valence-electron chi connectivity index (χ1n) is 6.65. The van der Waals surface area contributed by atoms with Gasteiger partial charge in [-0.2, -0.15) is 5.10 Å². The lowest BCUT2D eigenvalue weighted by atomic mass is 10.2. The average molecular weight is 345 g/mol. The highest BCUT2D eigenvalue weighted by Crippen LogP contribution is 2.06. The van der Waals surface area contributed by atoms with Gasteiger partial charge >= 0.3 is 0 Å². The van der Waals surface area contributed by atoms with E-state index in [-0.39, 0.29) is 30.7 Å². The third-order valence-corrected chi connectivity index (χ3v) is 3.33. The fourth-order valence-electron chi connectivity index (χ4n) is 2.23. The lowest BCUT2D eigenvalue weighted by Crippen LogP contribution is -2.37. The number of nitrogens with one attached hydrogen (secondary N) is 2. The zero-order chi connectivity index (χ0) is 13.8. The van der Waals surface area contributed by atoms with Gasteiger partial charge in [0.05, 0.1) is 5.56 Å². The van der Waals surface area contributed by atoms with E-state index in [4.69, 9.17) is 0 Å². The molecular weight excluding hydrogens is 327 g/mol. The van der Waals surface area contributed by atoms with Crippen LogP contribution >= 0.6 is 24.8 Å². The summed E-state index contributed by atoms with van der Waals surface area (Å²) in [5.41, 5.74) is 0.548. The van der Waals surface area contributed by atoms with Gasteiger partial charge in [0, 0.05) is 18.8 Å². The fourth-order valence-corrected chi connectivity index (χ4v) is 2.23. The van der Waals surface area contributed by atoms with Gasteiger partial charge in [-0.1, -0.05) is 0 Å². The van der Waals surface area contributed by atoms with Gasteiger partial charge in [-0.25, -0.2) is 14.6 Å². The minimum Gasteiger partial charge on any atom is -0.350 e. The minimum absolute atomic E-state index is 0. The summed E-state index contributed by atoms with van der Waals surface area (Å²) in [7, 11) is 0. The van der Waals surface area contributed by atoms with Crippen LogP contribution in [0.4, 0.5) is 0 Å². The van der Waals surface area contributed by atoms with Crippen molar-refractivity contribution >= 4 is 30.7 Å². The first-order valence-corrected chi connectivity index (χ1v) is 6.65. The van der Waals surface area contributed by atoms with Crippen molar-refractivity contribution < 1.29 is 4.79 Å². The second-order valence-corrected chi connectivity index (χ2v) is 4.75. The van der Waals surface area contributed by atoms with Crippen molar-refractivity contribution in [2.75, 3.05) is 13.1 Å². The molecule has 0 aromatic carbocycles. The lowest BCUT2D eigenvalue weighted by Gasteiger charge is -2.11. The summed E-state index contributed by atoms with van der Waals surface area (Å²) in [5, 5.41) is 10.2. The van der Waals surface area contributed by atoms with Crippen LogP contribution in [0.5, 0.6) is 0 Å². The second-order valence-electron chi connectivity index (χ2n) is 4.75. The van der Waals surface area contributed by atoms with Crippen LogP contribution in [0.25, 0.3) is 5.82 Å².